The number of nitrogens with zero attached hydrogens (tertiary/aromatic N) is 1. The van der Waals surface area contributed by atoms with Crippen molar-refractivity contribution in [2.45, 2.75) is 19.3 Å². The van der Waals surface area contributed by atoms with Crippen molar-refractivity contribution < 1.29 is 9.59 Å². The quantitative estimate of drug-likeness (QED) is 0.430. The standard InChI is InChI=1S/C9H17IN2O2/c1-12(2)7-3-6-11-9(14)5-4-8(10)13/h3-7H2,1-2H3,(H,11,14). The summed E-state index contributed by atoms with van der Waals surface area (Å²) in [4.78, 5) is 23.7. The Balaban J connectivity index is 3.31. The molecule has 0 aromatic carbocycles. The highest BCUT2D eigenvalue weighted by atomic mass is 127. The van der Waals surface area contributed by atoms with Crippen molar-refractivity contribution in [2.24, 2.45) is 0 Å². The van der Waals surface area contributed by atoms with E-state index >= 15 is 0 Å². The third-order valence-electron chi connectivity index (χ3n) is 1.65. The van der Waals surface area contributed by atoms with Crippen molar-refractivity contribution in [3.63, 3.8) is 0 Å². The highest BCUT2D eigenvalue weighted by Gasteiger charge is 2.03. The highest BCUT2D eigenvalue weighted by molar-refractivity contribution is 14.1. The molecule has 0 rings (SSSR count). The van der Waals surface area contributed by atoms with Gasteiger partial charge in [0, 0.05) is 19.4 Å². The molecule has 0 saturated carbocycles. The fraction of sp³-hybridized carbons (Fsp3) is 0.778. The molecule has 0 aliphatic rings. The minimum atomic E-state index is -0.0335. The van der Waals surface area contributed by atoms with Gasteiger partial charge < -0.3 is 10.2 Å². The molecular formula is C9H17IN2O2. The Hall–Kier alpha value is -0.170. The van der Waals surface area contributed by atoms with Crippen molar-refractivity contribution in [1.29, 1.82) is 0 Å². The molecule has 5 heteroatoms. The fourth-order valence-electron chi connectivity index (χ4n) is 0.923. The zero-order valence-electron chi connectivity index (χ0n) is 8.68. The van der Waals surface area contributed by atoms with Crippen LogP contribution in [0, 0.1) is 0 Å². The minimum absolute atomic E-state index is 0.0334. The number of amides is 1. The number of carbonyl (C=O) groups excluding carboxylic acids is 2. The van der Waals surface area contributed by atoms with Crippen molar-refractivity contribution in [3.05, 3.63) is 0 Å². The normalized spacial score (nSPS) is 10.3. The first-order valence-electron chi connectivity index (χ1n) is 4.62. The lowest BCUT2D eigenvalue weighted by Gasteiger charge is -2.09. The van der Waals surface area contributed by atoms with Gasteiger partial charge in [-0.3, -0.25) is 9.59 Å². The topological polar surface area (TPSA) is 49.4 Å². The first-order valence-corrected chi connectivity index (χ1v) is 5.70. The van der Waals surface area contributed by atoms with E-state index in [4.69, 9.17) is 0 Å². The molecule has 4 nitrogen and oxygen atoms in total. The molecule has 0 aromatic heterocycles. The van der Waals surface area contributed by atoms with Crippen molar-refractivity contribution in [2.75, 3.05) is 27.2 Å². The summed E-state index contributed by atoms with van der Waals surface area (Å²) in [6, 6.07) is 0. The van der Waals surface area contributed by atoms with Gasteiger partial charge in [0.05, 0.1) is 0 Å². The molecule has 0 spiro atoms. The van der Waals surface area contributed by atoms with Crippen LogP contribution in [0.15, 0.2) is 0 Å². The monoisotopic (exact) mass is 312 g/mol. The van der Waals surface area contributed by atoms with E-state index in [0.29, 0.717) is 19.4 Å². The van der Waals surface area contributed by atoms with E-state index in [2.05, 4.69) is 10.2 Å². The van der Waals surface area contributed by atoms with Crippen LogP contribution in [0.25, 0.3) is 0 Å². The molecule has 0 atom stereocenters. The lowest BCUT2D eigenvalue weighted by Crippen LogP contribution is -2.27. The molecule has 82 valence electrons. The zero-order valence-corrected chi connectivity index (χ0v) is 10.8. The van der Waals surface area contributed by atoms with E-state index in [9.17, 15) is 9.59 Å². The van der Waals surface area contributed by atoms with Crippen molar-refractivity contribution in [1.82, 2.24) is 10.2 Å². The van der Waals surface area contributed by atoms with Crippen LogP contribution in [-0.4, -0.2) is 41.8 Å². The maximum absolute atomic E-state index is 11.1. The van der Waals surface area contributed by atoms with Crippen LogP contribution in [0.2, 0.25) is 0 Å². The van der Waals surface area contributed by atoms with E-state index < -0.39 is 0 Å². The fourth-order valence-corrected chi connectivity index (χ4v) is 1.19. The molecule has 0 heterocycles. The SMILES string of the molecule is CN(C)CCCNC(=O)CCC(=O)I. The number of hydrogen-bond acceptors (Lipinski definition) is 3. The highest BCUT2D eigenvalue weighted by Crippen LogP contribution is 1.97. The maximum Gasteiger partial charge on any atom is 0.220 e. The Bertz CT molecular complexity index is 195. The van der Waals surface area contributed by atoms with E-state index in [1.807, 2.05) is 14.1 Å². The van der Waals surface area contributed by atoms with Gasteiger partial charge in [0.1, 0.15) is 0 Å². The van der Waals surface area contributed by atoms with Gasteiger partial charge in [-0.15, -0.1) is 0 Å². The van der Waals surface area contributed by atoms with Crippen LogP contribution in [0.4, 0.5) is 0 Å². The number of rotatable bonds is 7. The second kappa shape index (κ2) is 8.16. The van der Waals surface area contributed by atoms with E-state index in [-0.39, 0.29) is 9.70 Å². The van der Waals surface area contributed by atoms with Crippen LogP contribution in [0.3, 0.4) is 0 Å². The van der Waals surface area contributed by atoms with Gasteiger partial charge >= 0.3 is 0 Å². The predicted octanol–water partition coefficient (Wildman–Crippen LogP) is 0.796. The summed E-state index contributed by atoms with van der Waals surface area (Å²) in [6.45, 7) is 1.65. The van der Waals surface area contributed by atoms with E-state index in [0.717, 1.165) is 13.0 Å². The second-order valence-electron chi connectivity index (χ2n) is 3.36. The first-order chi connectivity index (χ1) is 6.52. The Morgan fingerprint density at radius 2 is 1.93 bits per heavy atom. The zero-order chi connectivity index (χ0) is 11.0. The van der Waals surface area contributed by atoms with E-state index in [1.165, 1.54) is 0 Å². The third-order valence-corrected chi connectivity index (χ3v) is 2.19. The lowest BCUT2D eigenvalue weighted by atomic mass is 10.3. The van der Waals surface area contributed by atoms with Crippen LogP contribution in [-0.2, 0) is 9.59 Å². The molecule has 0 radical (unpaired) electrons. The summed E-state index contributed by atoms with van der Waals surface area (Å²) in [5.74, 6) is -0.0335. The van der Waals surface area contributed by atoms with Gasteiger partial charge in [-0.05, 0) is 49.7 Å². The Kier molecular flexibility index (Phi) is 8.07. The molecule has 1 amide bonds. The molecule has 0 aliphatic heterocycles. The summed E-state index contributed by atoms with van der Waals surface area (Å²) < 4.78 is 0.0334. The predicted molar refractivity (Wildman–Crippen MR) is 64.4 cm³/mol. The molecular weight excluding hydrogens is 295 g/mol. The molecule has 0 unspecified atom stereocenters. The summed E-state index contributed by atoms with van der Waals surface area (Å²) >= 11 is 1.70. The average Bonchev–Trinajstić information content (AvgIpc) is 2.08. The summed E-state index contributed by atoms with van der Waals surface area (Å²) in [6.07, 6.45) is 1.58. The van der Waals surface area contributed by atoms with E-state index in [1.54, 1.807) is 22.6 Å². The number of hydrogen-bond donors (Lipinski definition) is 1. The lowest BCUT2D eigenvalue weighted by molar-refractivity contribution is -0.122. The van der Waals surface area contributed by atoms with Crippen molar-refractivity contribution in [3.8, 4) is 0 Å². The van der Waals surface area contributed by atoms with Crippen LogP contribution in [0.1, 0.15) is 19.3 Å². The molecule has 0 bridgehead atoms. The maximum atomic E-state index is 11.1. The molecule has 0 aliphatic carbocycles. The Morgan fingerprint density at radius 3 is 2.43 bits per heavy atom. The van der Waals surface area contributed by atoms with Crippen LogP contribution in [0.5, 0.6) is 0 Å². The van der Waals surface area contributed by atoms with Gasteiger partial charge in [-0.2, -0.15) is 0 Å². The smallest absolute Gasteiger partial charge is 0.220 e. The van der Waals surface area contributed by atoms with Gasteiger partial charge in [0.15, 0.2) is 3.79 Å². The van der Waals surface area contributed by atoms with Gasteiger partial charge in [-0.25, -0.2) is 0 Å². The average molecular weight is 312 g/mol. The Morgan fingerprint density at radius 1 is 1.29 bits per heavy atom. The molecule has 0 aromatic rings. The minimum Gasteiger partial charge on any atom is -0.356 e. The third kappa shape index (κ3) is 9.91. The second-order valence-corrected chi connectivity index (χ2v) is 4.57. The molecule has 1 N–H and O–H groups in total. The molecule has 14 heavy (non-hydrogen) atoms. The van der Waals surface area contributed by atoms with Crippen LogP contribution >= 0.6 is 22.6 Å². The summed E-state index contributed by atoms with van der Waals surface area (Å²) in [5, 5.41) is 2.77. The first kappa shape index (κ1) is 13.8. The van der Waals surface area contributed by atoms with Crippen molar-refractivity contribution >= 4 is 32.3 Å². The molecule has 0 fully saturated rings. The van der Waals surface area contributed by atoms with Gasteiger partial charge in [0.2, 0.25) is 5.91 Å². The number of carbonyl (C=O) groups is 2. The van der Waals surface area contributed by atoms with Gasteiger partial charge in [0.25, 0.3) is 0 Å². The summed E-state index contributed by atoms with van der Waals surface area (Å²) in [5.41, 5.74) is 0. The van der Waals surface area contributed by atoms with Gasteiger partial charge in [-0.1, -0.05) is 0 Å². The largest absolute Gasteiger partial charge is 0.356 e. The molecule has 0 saturated heterocycles. The summed E-state index contributed by atoms with van der Waals surface area (Å²) in [7, 11) is 3.99. The number of halogens is 1. The van der Waals surface area contributed by atoms with Crippen LogP contribution < -0.4 is 5.32 Å². The number of nitrogens with one attached hydrogen (secondary N) is 1. The Labute approximate surface area is 98.6 Å².